The third-order valence-electron chi connectivity index (χ3n) is 3.19. The molecule has 1 unspecified atom stereocenters. The fourth-order valence-electron chi connectivity index (χ4n) is 2.10. The van der Waals surface area contributed by atoms with Crippen molar-refractivity contribution < 1.29 is 13.2 Å². The summed E-state index contributed by atoms with van der Waals surface area (Å²) in [4.78, 5) is 1.88. The maximum absolute atomic E-state index is 12.7. The summed E-state index contributed by atoms with van der Waals surface area (Å²) >= 11 is 9.15. The van der Waals surface area contributed by atoms with Crippen molar-refractivity contribution in [1.82, 2.24) is 10.2 Å². The Morgan fingerprint density at radius 3 is 2.65 bits per heavy atom. The predicted molar refractivity (Wildman–Crippen MR) is 85.1 cm³/mol. The van der Waals surface area contributed by atoms with Crippen molar-refractivity contribution in [2.45, 2.75) is 10.3 Å². The van der Waals surface area contributed by atoms with Crippen LogP contribution >= 0.6 is 24.8 Å². The number of methoxy groups -OCH3 is 1. The van der Waals surface area contributed by atoms with Crippen LogP contribution in [0.1, 0.15) is 0 Å². The lowest BCUT2D eigenvalue weighted by Gasteiger charge is -2.36. The van der Waals surface area contributed by atoms with Gasteiger partial charge in [-0.3, -0.25) is 0 Å². The number of nitrogens with one attached hydrogen (secondary N) is 1. The number of thiol groups is 1. The van der Waals surface area contributed by atoms with E-state index < -0.39 is 15.2 Å². The van der Waals surface area contributed by atoms with Crippen molar-refractivity contribution in [2.24, 2.45) is 0 Å². The molecule has 1 N–H and O–H groups in total. The molecule has 8 heteroatoms. The molecule has 0 aliphatic carbocycles. The first-order valence-corrected chi connectivity index (χ1v) is 8.45. The molecule has 110 valence electrons. The Morgan fingerprint density at radius 1 is 1.45 bits per heavy atom. The largest absolute Gasteiger partial charge is 0.497 e. The molecule has 1 fully saturated rings. The van der Waals surface area contributed by atoms with Gasteiger partial charge in [0.25, 0.3) is 0 Å². The average molecular weight is 332 g/mol. The van der Waals surface area contributed by atoms with Crippen LogP contribution in [0.15, 0.2) is 29.2 Å². The fraction of sp³-hybridized carbons (Fsp3) is 0.417. The maximum atomic E-state index is 12.7. The number of hydrogen-bond acceptors (Lipinski definition) is 5. The lowest BCUT2D eigenvalue weighted by Crippen LogP contribution is -2.55. The van der Waals surface area contributed by atoms with Crippen LogP contribution in [0, 0.1) is 0 Å². The molecule has 1 atom stereocenters. The van der Waals surface area contributed by atoms with Gasteiger partial charge in [-0.2, -0.15) is 0 Å². The monoisotopic (exact) mass is 332 g/mol. The number of nitrogens with zero attached hydrogens (tertiary/aromatic N) is 1. The molecule has 1 aliphatic rings. The third-order valence-corrected chi connectivity index (χ3v) is 5.75. The van der Waals surface area contributed by atoms with Crippen LogP contribution in [0.2, 0.25) is 0 Å². The number of rotatable bonds is 3. The number of benzene rings is 1. The van der Waals surface area contributed by atoms with E-state index >= 15 is 0 Å². The minimum atomic E-state index is -3.51. The lowest BCUT2D eigenvalue weighted by atomic mass is 10.3. The van der Waals surface area contributed by atoms with Crippen molar-refractivity contribution in [2.75, 3.05) is 26.7 Å². The summed E-state index contributed by atoms with van der Waals surface area (Å²) in [6, 6.07) is 6.35. The molecule has 0 aromatic heterocycles. The minimum absolute atomic E-state index is 0.251. The molecule has 0 spiro atoms. The van der Waals surface area contributed by atoms with E-state index in [4.69, 9.17) is 17.0 Å². The zero-order valence-electron chi connectivity index (χ0n) is 10.9. The van der Waals surface area contributed by atoms with E-state index in [-0.39, 0.29) is 4.90 Å². The second-order valence-electron chi connectivity index (χ2n) is 4.36. The first kappa shape index (κ1) is 15.6. The van der Waals surface area contributed by atoms with Gasteiger partial charge in [0, 0.05) is 19.6 Å². The van der Waals surface area contributed by atoms with Crippen LogP contribution in [0.4, 0.5) is 0 Å². The molecule has 1 aromatic rings. The smallest absolute Gasteiger partial charge is 0.200 e. The fourth-order valence-corrected chi connectivity index (χ4v) is 4.41. The summed E-state index contributed by atoms with van der Waals surface area (Å²) in [6.45, 7) is 1.55. The lowest BCUT2D eigenvalue weighted by molar-refractivity contribution is 0.326. The quantitative estimate of drug-likeness (QED) is 0.634. The van der Waals surface area contributed by atoms with E-state index in [2.05, 4.69) is 17.9 Å². The predicted octanol–water partition coefficient (Wildman–Crippen LogP) is 0.915. The molecule has 20 heavy (non-hydrogen) atoms. The Hall–Kier alpha value is -0.830. The highest BCUT2D eigenvalue weighted by molar-refractivity contribution is 8.11. The molecule has 1 aromatic carbocycles. The van der Waals surface area contributed by atoms with E-state index in [9.17, 15) is 8.42 Å². The first-order valence-electron chi connectivity index (χ1n) is 6.05. The number of ether oxygens (including phenoxy) is 1. The zero-order valence-corrected chi connectivity index (χ0v) is 13.5. The molecular formula is C12H16N2O3S3. The second kappa shape index (κ2) is 6.30. The molecule has 0 radical (unpaired) electrons. The second-order valence-corrected chi connectivity index (χ2v) is 7.57. The summed E-state index contributed by atoms with van der Waals surface area (Å²) < 4.78 is 30.7. The van der Waals surface area contributed by atoms with Crippen LogP contribution < -0.4 is 10.1 Å². The van der Waals surface area contributed by atoms with Gasteiger partial charge in [-0.1, -0.05) is 12.2 Å². The van der Waals surface area contributed by atoms with E-state index in [1.54, 1.807) is 29.2 Å². The number of hydrogen-bond donors (Lipinski definition) is 2. The SMILES string of the molecule is COc1ccc(S(=O)(=O)C2CNCCN2C(=S)S)cc1. The van der Waals surface area contributed by atoms with Gasteiger partial charge in [0.05, 0.1) is 12.0 Å². The molecule has 0 bridgehead atoms. The topological polar surface area (TPSA) is 58.6 Å². The molecule has 2 rings (SSSR count). The average Bonchev–Trinajstić information content (AvgIpc) is 2.47. The van der Waals surface area contributed by atoms with Crippen molar-refractivity contribution >= 4 is 39.0 Å². The van der Waals surface area contributed by atoms with Gasteiger partial charge in [-0.05, 0) is 24.3 Å². The summed E-state index contributed by atoms with van der Waals surface area (Å²) in [5.41, 5.74) is 0. The van der Waals surface area contributed by atoms with Crippen LogP contribution in [0.25, 0.3) is 0 Å². The number of piperazine rings is 1. The summed E-state index contributed by atoms with van der Waals surface area (Å²) in [7, 11) is -1.97. The van der Waals surface area contributed by atoms with Crippen molar-refractivity contribution in [1.29, 1.82) is 0 Å². The number of sulfone groups is 1. The third kappa shape index (κ3) is 3.08. The maximum Gasteiger partial charge on any atom is 0.200 e. The number of thiocarbonyl (C=S) groups is 1. The van der Waals surface area contributed by atoms with Gasteiger partial charge in [0.1, 0.15) is 15.4 Å². The van der Waals surface area contributed by atoms with Crippen molar-refractivity contribution in [3.63, 3.8) is 0 Å². The van der Waals surface area contributed by atoms with E-state index in [0.29, 0.717) is 29.7 Å². The van der Waals surface area contributed by atoms with E-state index in [1.165, 1.54) is 7.11 Å². The normalized spacial score (nSPS) is 19.7. The van der Waals surface area contributed by atoms with Crippen LogP contribution in [-0.4, -0.2) is 49.8 Å². The van der Waals surface area contributed by atoms with Gasteiger partial charge >= 0.3 is 0 Å². The standard InChI is InChI=1S/C12H16N2O3S3/c1-17-9-2-4-10(5-3-9)20(15,16)11-8-13-6-7-14(11)12(18)19/h2-5,11,13H,6-8H2,1H3,(H,18,19). The van der Waals surface area contributed by atoms with Crippen molar-refractivity contribution in [3.8, 4) is 5.75 Å². The minimum Gasteiger partial charge on any atom is -0.497 e. The Morgan fingerprint density at radius 2 is 2.10 bits per heavy atom. The Bertz CT molecular complexity index is 586. The van der Waals surface area contributed by atoms with Gasteiger partial charge in [0.2, 0.25) is 9.84 Å². The first-order chi connectivity index (χ1) is 9.46. The Labute approximate surface area is 129 Å². The molecule has 0 amide bonds. The summed E-state index contributed by atoms with van der Waals surface area (Å²) in [5, 5.41) is 2.35. The van der Waals surface area contributed by atoms with Gasteiger partial charge in [-0.15, -0.1) is 12.6 Å². The summed E-state index contributed by atoms with van der Waals surface area (Å²) in [5.74, 6) is 0.618. The van der Waals surface area contributed by atoms with Gasteiger partial charge in [0.15, 0.2) is 0 Å². The van der Waals surface area contributed by atoms with Crippen LogP contribution in [-0.2, 0) is 9.84 Å². The molecule has 0 saturated carbocycles. The summed E-state index contributed by atoms with van der Waals surface area (Å²) in [6.07, 6.45) is 0. The zero-order chi connectivity index (χ0) is 14.8. The van der Waals surface area contributed by atoms with Crippen LogP contribution in [0.3, 0.4) is 0 Å². The highest BCUT2D eigenvalue weighted by Crippen LogP contribution is 2.23. The Balaban J connectivity index is 2.34. The molecule has 1 heterocycles. The highest BCUT2D eigenvalue weighted by atomic mass is 32.2. The molecule has 1 aliphatic heterocycles. The van der Waals surface area contributed by atoms with Gasteiger partial charge < -0.3 is 15.0 Å². The van der Waals surface area contributed by atoms with E-state index in [1.807, 2.05) is 0 Å². The van der Waals surface area contributed by atoms with Gasteiger partial charge in [-0.25, -0.2) is 8.42 Å². The van der Waals surface area contributed by atoms with Crippen molar-refractivity contribution in [3.05, 3.63) is 24.3 Å². The van der Waals surface area contributed by atoms with Crippen LogP contribution in [0.5, 0.6) is 5.75 Å². The molecule has 5 nitrogen and oxygen atoms in total. The molecule has 1 saturated heterocycles. The van der Waals surface area contributed by atoms with E-state index in [0.717, 1.165) is 0 Å². The molecular weight excluding hydrogens is 316 g/mol. The highest BCUT2D eigenvalue weighted by Gasteiger charge is 2.35. The Kier molecular flexibility index (Phi) is 4.90.